The Bertz CT molecular complexity index is 351. The molecule has 0 aliphatic heterocycles. The maximum Gasteiger partial charge on any atom is 0.130 e. The SMILES string of the molecule is CCCC(OCC)C(N)c1ccc(F)cc1F. The van der Waals surface area contributed by atoms with Crippen molar-refractivity contribution < 1.29 is 13.5 Å². The molecule has 1 rings (SSSR count). The monoisotopic (exact) mass is 243 g/mol. The normalized spacial score (nSPS) is 14.6. The summed E-state index contributed by atoms with van der Waals surface area (Å²) in [4.78, 5) is 0. The van der Waals surface area contributed by atoms with Crippen LogP contribution in [0.2, 0.25) is 0 Å². The van der Waals surface area contributed by atoms with E-state index in [0.717, 1.165) is 18.9 Å². The molecule has 2 N–H and O–H groups in total. The van der Waals surface area contributed by atoms with Crippen molar-refractivity contribution in [1.29, 1.82) is 0 Å². The van der Waals surface area contributed by atoms with Crippen molar-refractivity contribution in [1.82, 2.24) is 0 Å². The molecular weight excluding hydrogens is 224 g/mol. The first-order chi connectivity index (χ1) is 8.10. The van der Waals surface area contributed by atoms with Crippen molar-refractivity contribution in [2.75, 3.05) is 6.61 Å². The second-order valence-electron chi connectivity index (χ2n) is 3.97. The van der Waals surface area contributed by atoms with Gasteiger partial charge in [-0.25, -0.2) is 8.78 Å². The third-order valence-corrected chi connectivity index (χ3v) is 2.68. The third-order valence-electron chi connectivity index (χ3n) is 2.68. The van der Waals surface area contributed by atoms with Gasteiger partial charge in [-0.1, -0.05) is 19.4 Å². The Kier molecular flexibility index (Phi) is 5.51. The van der Waals surface area contributed by atoms with Gasteiger partial charge in [-0.2, -0.15) is 0 Å². The van der Waals surface area contributed by atoms with E-state index in [4.69, 9.17) is 10.5 Å². The summed E-state index contributed by atoms with van der Waals surface area (Å²) in [7, 11) is 0. The molecule has 1 aromatic carbocycles. The molecule has 1 aromatic rings. The second-order valence-corrected chi connectivity index (χ2v) is 3.97. The standard InChI is InChI=1S/C13H19F2NO/c1-3-5-12(17-4-2)13(16)10-7-6-9(14)8-11(10)15/h6-8,12-13H,3-5,16H2,1-2H3. The Balaban J connectivity index is 2.88. The topological polar surface area (TPSA) is 35.2 Å². The minimum Gasteiger partial charge on any atom is -0.377 e. The molecule has 0 spiro atoms. The van der Waals surface area contributed by atoms with E-state index >= 15 is 0 Å². The fourth-order valence-electron chi connectivity index (χ4n) is 1.84. The van der Waals surface area contributed by atoms with E-state index in [9.17, 15) is 8.78 Å². The summed E-state index contributed by atoms with van der Waals surface area (Å²) in [6.07, 6.45) is 1.43. The number of hydrogen-bond donors (Lipinski definition) is 1. The van der Waals surface area contributed by atoms with Gasteiger partial charge in [0.2, 0.25) is 0 Å². The highest BCUT2D eigenvalue weighted by atomic mass is 19.1. The second kappa shape index (κ2) is 6.67. The smallest absolute Gasteiger partial charge is 0.130 e. The van der Waals surface area contributed by atoms with Crippen molar-refractivity contribution in [2.24, 2.45) is 5.73 Å². The Labute approximate surface area is 101 Å². The predicted molar refractivity (Wildman–Crippen MR) is 63.6 cm³/mol. The van der Waals surface area contributed by atoms with Crippen LogP contribution in [0.4, 0.5) is 8.78 Å². The van der Waals surface area contributed by atoms with Gasteiger partial charge in [0.05, 0.1) is 12.1 Å². The number of hydrogen-bond acceptors (Lipinski definition) is 2. The zero-order valence-corrected chi connectivity index (χ0v) is 10.2. The first-order valence-corrected chi connectivity index (χ1v) is 5.92. The Morgan fingerprint density at radius 3 is 2.53 bits per heavy atom. The van der Waals surface area contributed by atoms with Gasteiger partial charge in [-0.15, -0.1) is 0 Å². The summed E-state index contributed by atoms with van der Waals surface area (Å²) in [6, 6.07) is 2.89. The number of benzene rings is 1. The first kappa shape index (κ1) is 14.1. The molecule has 2 nitrogen and oxygen atoms in total. The maximum atomic E-state index is 13.6. The van der Waals surface area contributed by atoms with E-state index < -0.39 is 17.7 Å². The third kappa shape index (κ3) is 3.75. The summed E-state index contributed by atoms with van der Waals surface area (Å²) in [6.45, 7) is 4.41. The minimum absolute atomic E-state index is 0.232. The van der Waals surface area contributed by atoms with Crippen LogP contribution in [0, 0.1) is 11.6 Å². The maximum absolute atomic E-state index is 13.6. The Morgan fingerprint density at radius 2 is 2.00 bits per heavy atom. The van der Waals surface area contributed by atoms with E-state index in [1.54, 1.807) is 0 Å². The molecule has 0 fully saturated rings. The number of nitrogens with two attached hydrogens (primary N) is 1. The number of halogens is 2. The predicted octanol–water partition coefficient (Wildman–Crippen LogP) is 3.17. The van der Waals surface area contributed by atoms with Crippen LogP contribution >= 0.6 is 0 Å². The lowest BCUT2D eigenvalue weighted by Gasteiger charge is -2.24. The van der Waals surface area contributed by atoms with Crippen LogP contribution in [0.3, 0.4) is 0 Å². The van der Waals surface area contributed by atoms with E-state index in [0.29, 0.717) is 12.2 Å². The lowest BCUT2D eigenvalue weighted by Crippen LogP contribution is -2.29. The van der Waals surface area contributed by atoms with Gasteiger partial charge in [0.15, 0.2) is 0 Å². The summed E-state index contributed by atoms with van der Waals surface area (Å²) in [5.41, 5.74) is 6.28. The molecule has 2 atom stereocenters. The first-order valence-electron chi connectivity index (χ1n) is 5.92. The van der Waals surface area contributed by atoms with Crippen LogP contribution < -0.4 is 5.73 Å². The molecule has 0 aliphatic carbocycles. The molecule has 0 saturated carbocycles. The van der Waals surface area contributed by atoms with Crippen molar-refractivity contribution in [3.63, 3.8) is 0 Å². The molecule has 2 unspecified atom stereocenters. The Hall–Kier alpha value is -1.00. The van der Waals surface area contributed by atoms with Crippen molar-refractivity contribution >= 4 is 0 Å². The van der Waals surface area contributed by atoms with Crippen LogP contribution in [0.1, 0.15) is 38.3 Å². The Morgan fingerprint density at radius 1 is 1.29 bits per heavy atom. The van der Waals surface area contributed by atoms with E-state index in [2.05, 4.69) is 0 Å². The highest BCUT2D eigenvalue weighted by Gasteiger charge is 2.22. The fraction of sp³-hybridized carbons (Fsp3) is 0.538. The average molecular weight is 243 g/mol. The molecule has 0 bridgehead atoms. The lowest BCUT2D eigenvalue weighted by atomic mass is 9.98. The molecule has 0 aromatic heterocycles. The summed E-state index contributed by atoms with van der Waals surface area (Å²) in [5, 5.41) is 0. The summed E-state index contributed by atoms with van der Waals surface area (Å²) < 4.78 is 31.9. The van der Waals surface area contributed by atoms with Gasteiger partial charge in [-0.05, 0) is 19.4 Å². The molecule has 0 amide bonds. The highest BCUT2D eigenvalue weighted by Crippen LogP contribution is 2.23. The van der Waals surface area contributed by atoms with Crippen LogP contribution in [-0.2, 0) is 4.74 Å². The summed E-state index contributed by atoms with van der Waals surface area (Å²) in [5.74, 6) is -1.21. The highest BCUT2D eigenvalue weighted by molar-refractivity contribution is 5.22. The molecule has 0 aliphatic rings. The van der Waals surface area contributed by atoms with Gasteiger partial charge in [-0.3, -0.25) is 0 Å². The number of ether oxygens (including phenoxy) is 1. The van der Waals surface area contributed by atoms with Crippen LogP contribution in [0.15, 0.2) is 18.2 Å². The average Bonchev–Trinajstić information content (AvgIpc) is 2.28. The van der Waals surface area contributed by atoms with Crippen molar-refractivity contribution in [2.45, 2.75) is 38.8 Å². The van der Waals surface area contributed by atoms with Gasteiger partial charge >= 0.3 is 0 Å². The minimum atomic E-state index is -0.613. The molecule has 4 heteroatoms. The molecule has 0 saturated heterocycles. The van der Waals surface area contributed by atoms with Crippen LogP contribution in [0.25, 0.3) is 0 Å². The van der Waals surface area contributed by atoms with Crippen LogP contribution in [0.5, 0.6) is 0 Å². The van der Waals surface area contributed by atoms with Gasteiger partial charge in [0.1, 0.15) is 11.6 Å². The molecule has 0 radical (unpaired) electrons. The largest absolute Gasteiger partial charge is 0.377 e. The molecule has 96 valence electrons. The zero-order valence-electron chi connectivity index (χ0n) is 10.2. The van der Waals surface area contributed by atoms with Gasteiger partial charge in [0.25, 0.3) is 0 Å². The zero-order chi connectivity index (χ0) is 12.8. The quantitative estimate of drug-likeness (QED) is 0.833. The van der Waals surface area contributed by atoms with E-state index in [-0.39, 0.29) is 6.10 Å². The molecule has 17 heavy (non-hydrogen) atoms. The van der Waals surface area contributed by atoms with Crippen LogP contribution in [-0.4, -0.2) is 12.7 Å². The van der Waals surface area contributed by atoms with E-state index in [1.165, 1.54) is 12.1 Å². The van der Waals surface area contributed by atoms with Gasteiger partial charge < -0.3 is 10.5 Å². The number of rotatable bonds is 6. The summed E-state index contributed by atoms with van der Waals surface area (Å²) >= 11 is 0. The van der Waals surface area contributed by atoms with Gasteiger partial charge in [0, 0.05) is 18.2 Å². The van der Waals surface area contributed by atoms with Crippen molar-refractivity contribution in [3.05, 3.63) is 35.4 Å². The molecular formula is C13H19F2NO. The lowest BCUT2D eigenvalue weighted by molar-refractivity contribution is 0.0366. The van der Waals surface area contributed by atoms with E-state index in [1.807, 2.05) is 13.8 Å². The fourth-order valence-corrected chi connectivity index (χ4v) is 1.84. The van der Waals surface area contributed by atoms with Crippen molar-refractivity contribution in [3.8, 4) is 0 Å². The molecule has 0 heterocycles.